The molecule has 0 amide bonds. The first-order valence-electron chi connectivity index (χ1n) is 5.52. The topological polar surface area (TPSA) is 85.2 Å². The lowest BCUT2D eigenvalue weighted by Crippen LogP contribution is -2.06. The second kappa shape index (κ2) is 9.61. The van der Waals surface area contributed by atoms with Crippen molar-refractivity contribution in [2.45, 2.75) is 32.6 Å². The van der Waals surface area contributed by atoms with Crippen LogP contribution < -0.4 is 0 Å². The van der Waals surface area contributed by atoms with Crippen LogP contribution in [0.15, 0.2) is 12.2 Å². The molecule has 0 bridgehead atoms. The van der Waals surface area contributed by atoms with Crippen LogP contribution in [0.25, 0.3) is 0 Å². The predicted octanol–water partition coefficient (Wildman–Crippen LogP) is 1.82. The van der Waals surface area contributed by atoms with Gasteiger partial charge < -0.3 is 14.5 Å². The van der Waals surface area contributed by atoms with Crippen molar-refractivity contribution in [3.63, 3.8) is 0 Å². The normalized spacial score (nSPS) is 11.3. The third-order valence-corrected chi connectivity index (χ3v) is 2.34. The molecule has 18 heavy (non-hydrogen) atoms. The molecule has 106 valence electrons. The van der Waals surface area contributed by atoms with E-state index in [0.29, 0.717) is 18.6 Å². The molecule has 0 aliphatic heterocycles. The second-order valence-corrected chi connectivity index (χ2v) is 6.27. The summed E-state index contributed by atoms with van der Waals surface area (Å²) in [5.74, 6) is -0.372. The van der Waals surface area contributed by atoms with Crippen LogP contribution in [0, 0.1) is 0 Å². The van der Waals surface area contributed by atoms with Crippen LogP contribution in [0.4, 0.5) is 0 Å². The molecule has 0 fully saturated rings. The molecular weight excluding hydrogens is 279 g/mol. The van der Waals surface area contributed by atoms with E-state index in [4.69, 9.17) is 14.5 Å². The summed E-state index contributed by atoms with van der Waals surface area (Å²) in [6.07, 6.45) is 3.19. The smallest absolute Gasteiger partial charge is 0.350 e. The minimum atomic E-state index is -3.71. The summed E-state index contributed by atoms with van der Waals surface area (Å²) in [6, 6.07) is 0. The van der Waals surface area contributed by atoms with Crippen LogP contribution in [-0.4, -0.2) is 29.0 Å². The SMILES string of the molecule is C=C(C)C(=O)OCCCCCCOOP(O)(O)=S. The van der Waals surface area contributed by atoms with Crippen molar-refractivity contribution < 1.29 is 28.9 Å². The van der Waals surface area contributed by atoms with E-state index in [-0.39, 0.29) is 12.6 Å². The van der Waals surface area contributed by atoms with Gasteiger partial charge in [0.2, 0.25) is 0 Å². The number of carbonyl (C=O) groups is 1. The fraction of sp³-hybridized carbons (Fsp3) is 0.700. The summed E-state index contributed by atoms with van der Waals surface area (Å²) in [5.41, 5.74) is 0.393. The first kappa shape index (κ1) is 17.7. The Bertz CT molecular complexity index is 313. The molecule has 0 unspecified atom stereocenters. The highest BCUT2D eigenvalue weighted by Crippen LogP contribution is 2.36. The van der Waals surface area contributed by atoms with Gasteiger partial charge in [0.15, 0.2) is 0 Å². The lowest BCUT2D eigenvalue weighted by atomic mass is 10.2. The summed E-state index contributed by atoms with van der Waals surface area (Å²) in [5, 5.41) is 0. The fourth-order valence-corrected chi connectivity index (χ4v) is 1.35. The van der Waals surface area contributed by atoms with Crippen molar-refractivity contribution in [2.75, 3.05) is 13.2 Å². The zero-order valence-electron chi connectivity index (χ0n) is 10.3. The monoisotopic (exact) mass is 298 g/mol. The van der Waals surface area contributed by atoms with Gasteiger partial charge in [-0.05, 0) is 38.0 Å². The number of ether oxygens (including phenoxy) is 1. The Hall–Kier alpha value is -0.300. The summed E-state index contributed by atoms with van der Waals surface area (Å²) in [4.78, 5) is 32.9. The highest BCUT2D eigenvalue weighted by molar-refractivity contribution is 8.06. The summed E-state index contributed by atoms with van der Waals surface area (Å²) in [6.45, 7) is 1.98. The van der Waals surface area contributed by atoms with Crippen molar-refractivity contribution in [3.8, 4) is 0 Å². The molecule has 0 rings (SSSR count). The molecule has 0 aromatic rings. The average molecular weight is 298 g/mol. The zero-order valence-corrected chi connectivity index (χ0v) is 12.0. The van der Waals surface area contributed by atoms with Gasteiger partial charge in [-0.15, -0.1) is 4.67 Å². The Morgan fingerprint density at radius 2 is 1.78 bits per heavy atom. The number of unbranched alkanes of at least 4 members (excludes halogenated alkanes) is 3. The summed E-state index contributed by atoms with van der Waals surface area (Å²) >= 11 is 4.18. The molecule has 0 aliphatic carbocycles. The van der Waals surface area contributed by atoms with Gasteiger partial charge in [0.1, 0.15) is 0 Å². The van der Waals surface area contributed by atoms with Crippen LogP contribution in [0.3, 0.4) is 0 Å². The molecule has 6 nitrogen and oxygen atoms in total. The Labute approximate surface area is 112 Å². The van der Waals surface area contributed by atoms with E-state index in [1.54, 1.807) is 6.92 Å². The van der Waals surface area contributed by atoms with Crippen LogP contribution in [0.1, 0.15) is 32.6 Å². The molecular formula is C10H19O6PS. The van der Waals surface area contributed by atoms with Crippen molar-refractivity contribution in [1.82, 2.24) is 0 Å². The lowest BCUT2D eigenvalue weighted by Gasteiger charge is -2.07. The zero-order chi connectivity index (χ0) is 14.0. The third kappa shape index (κ3) is 12.2. The van der Waals surface area contributed by atoms with E-state index in [1.807, 2.05) is 0 Å². The van der Waals surface area contributed by atoms with E-state index >= 15 is 0 Å². The van der Waals surface area contributed by atoms with E-state index in [0.717, 1.165) is 19.3 Å². The van der Waals surface area contributed by atoms with Crippen LogP contribution in [0.5, 0.6) is 0 Å². The average Bonchev–Trinajstić information content (AvgIpc) is 2.24. The molecule has 0 aromatic heterocycles. The number of hydrogen-bond donors (Lipinski definition) is 2. The van der Waals surface area contributed by atoms with Gasteiger partial charge in [0.25, 0.3) is 0 Å². The van der Waals surface area contributed by atoms with Crippen LogP contribution >= 0.6 is 6.72 Å². The minimum absolute atomic E-state index is 0.241. The van der Waals surface area contributed by atoms with E-state index < -0.39 is 6.72 Å². The molecule has 0 aliphatic rings. The summed E-state index contributed by atoms with van der Waals surface area (Å²) in [7, 11) is 0. The molecule has 0 radical (unpaired) electrons. The molecule has 0 spiro atoms. The molecule has 0 aromatic carbocycles. The van der Waals surface area contributed by atoms with Gasteiger partial charge in [0, 0.05) is 5.57 Å². The van der Waals surface area contributed by atoms with Gasteiger partial charge in [-0.2, -0.15) is 0 Å². The van der Waals surface area contributed by atoms with Gasteiger partial charge >= 0.3 is 12.7 Å². The van der Waals surface area contributed by atoms with E-state index in [1.165, 1.54) is 0 Å². The minimum Gasteiger partial charge on any atom is -0.462 e. The first-order valence-corrected chi connectivity index (χ1v) is 8.15. The fourth-order valence-electron chi connectivity index (χ4n) is 1.01. The Morgan fingerprint density at radius 3 is 2.28 bits per heavy atom. The van der Waals surface area contributed by atoms with E-state index in [2.05, 4.69) is 27.9 Å². The molecule has 0 atom stereocenters. The molecule has 2 N–H and O–H groups in total. The number of carbonyl (C=O) groups excluding carboxylic acids is 1. The Morgan fingerprint density at radius 1 is 1.22 bits per heavy atom. The Balaban J connectivity index is 3.24. The largest absolute Gasteiger partial charge is 0.462 e. The number of esters is 1. The van der Waals surface area contributed by atoms with Gasteiger partial charge in [0.05, 0.1) is 13.2 Å². The predicted molar refractivity (Wildman–Crippen MR) is 70.0 cm³/mol. The maximum atomic E-state index is 11.0. The van der Waals surface area contributed by atoms with Crippen LogP contribution in [0.2, 0.25) is 0 Å². The molecule has 8 heteroatoms. The molecule has 0 saturated carbocycles. The van der Waals surface area contributed by atoms with Crippen molar-refractivity contribution in [1.29, 1.82) is 0 Å². The van der Waals surface area contributed by atoms with Gasteiger partial charge in [-0.3, -0.25) is 0 Å². The van der Waals surface area contributed by atoms with Gasteiger partial charge in [-0.1, -0.05) is 13.0 Å². The maximum Gasteiger partial charge on any atom is 0.350 e. The van der Waals surface area contributed by atoms with Crippen molar-refractivity contribution in [3.05, 3.63) is 12.2 Å². The molecule has 0 heterocycles. The highest BCUT2D eigenvalue weighted by Gasteiger charge is 2.08. The maximum absolute atomic E-state index is 11.0. The standard InChI is InChI=1S/C10H19O6PS/c1-9(2)10(11)14-7-5-3-4-6-8-15-16-17(12,13)18/h1,3-8H2,2H3,(H2,12,13,18). The Kier molecular flexibility index (Phi) is 9.45. The van der Waals surface area contributed by atoms with E-state index in [9.17, 15) is 4.79 Å². The van der Waals surface area contributed by atoms with Crippen molar-refractivity contribution in [2.24, 2.45) is 0 Å². The first-order chi connectivity index (χ1) is 8.33. The summed E-state index contributed by atoms with van der Waals surface area (Å²) < 4.78 is 9.08. The second-order valence-electron chi connectivity index (χ2n) is 3.72. The van der Waals surface area contributed by atoms with Crippen molar-refractivity contribution >= 4 is 24.5 Å². The third-order valence-electron chi connectivity index (χ3n) is 1.85. The number of hydrogen-bond acceptors (Lipinski definition) is 5. The number of rotatable bonds is 10. The van der Waals surface area contributed by atoms with Gasteiger partial charge in [-0.25, -0.2) is 9.68 Å². The molecule has 0 saturated heterocycles. The van der Waals surface area contributed by atoms with Crippen LogP contribution in [-0.2, 0) is 30.9 Å². The quantitative estimate of drug-likeness (QED) is 0.159. The highest BCUT2D eigenvalue weighted by atomic mass is 32.5. The lowest BCUT2D eigenvalue weighted by molar-refractivity contribution is -0.214.